The number of nitrogens with one attached hydrogen (secondary N) is 1. The number of thioether (sulfide) groups is 1. The van der Waals surface area contributed by atoms with Crippen molar-refractivity contribution in [2.24, 2.45) is 5.92 Å². The first-order valence-electron chi connectivity index (χ1n) is 7.89. The Morgan fingerprint density at radius 2 is 1.95 bits per heavy atom. The van der Waals surface area contributed by atoms with Crippen LogP contribution < -0.4 is 5.32 Å². The van der Waals surface area contributed by atoms with E-state index in [9.17, 15) is 0 Å². The Hall–Kier alpha value is -0.670. The molecule has 112 valence electrons. The summed E-state index contributed by atoms with van der Waals surface area (Å²) in [6.45, 7) is 10.5. The molecule has 0 aliphatic carbocycles. The smallest absolute Gasteiger partial charge is 0.0480 e. The Bertz CT molecular complexity index is 398. The molecule has 3 heteroatoms. The fraction of sp³-hybridized carbons (Fsp3) is 0.647. The van der Waals surface area contributed by atoms with E-state index in [0.717, 1.165) is 11.7 Å². The van der Waals surface area contributed by atoms with Gasteiger partial charge in [0.25, 0.3) is 0 Å². The summed E-state index contributed by atoms with van der Waals surface area (Å²) in [6.07, 6.45) is 2.52. The Morgan fingerprint density at radius 3 is 2.60 bits per heavy atom. The van der Waals surface area contributed by atoms with Crippen LogP contribution in [0.1, 0.15) is 33.6 Å². The normalized spacial score (nSPS) is 17.6. The van der Waals surface area contributed by atoms with Crippen molar-refractivity contribution in [3.63, 3.8) is 0 Å². The molecule has 1 aromatic rings. The van der Waals surface area contributed by atoms with Gasteiger partial charge in [-0.05, 0) is 36.6 Å². The Balaban J connectivity index is 1.86. The minimum absolute atomic E-state index is 0.636. The summed E-state index contributed by atoms with van der Waals surface area (Å²) in [5, 5.41) is 3.76. The van der Waals surface area contributed by atoms with Gasteiger partial charge in [-0.3, -0.25) is 0 Å². The molecule has 0 amide bonds. The molecule has 0 saturated carbocycles. The zero-order valence-corrected chi connectivity index (χ0v) is 13.9. The zero-order valence-electron chi connectivity index (χ0n) is 13.1. The highest BCUT2D eigenvalue weighted by Crippen LogP contribution is 2.28. The van der Waals surface area contributed by atoms with E-state index in [2.05, 4.69) is 55.3 Å². The molecule has 2 rings (SSSR count). The zero-order chi connectivity index (χ0) is 14.4. The summed E-state index contributed by atoms with van der Waals surface area (Å²) in [5.41, 5.74) is 1.32. The van der Waals surface area contributed by atoms with Crippen molar-refractivity contribution in [2.45, 2.75) is 44.6 Å². The molecule has 2 nitrogen and oxygen atoms in total. The second-order valence-corrected chi connectivity index (χ2v) is 7.35. The Labute approximate surface area is 128 Å². The fourth-order valence-corrected chi connectivity index (χ4v) is 3.63. The molecule has 1 N–H and O–H groups in total. The maximum Gasteiger partial charge on any atom is 0.0480 e. The molecule has 1 heterocycles. The first-order chi connectivity index (χ1) is 9.69. The third-order valence-electron chi connectivity index (χ3n) is 3.76. The summed E-state index contributed by atoms with van der Waals surface area (Å²) >= 11 is 1.93. The monoisotopic (exact) mass is 292 g/mol. The van der Waals surface area contributed by atoms with Crippen molar-refractivity contribution >= 4 is 17.4 Å². The lowest BCUT2D eigenvalue weighted by Crippen LogP contribution is -2.40. The van der Waals surface area contributed by atoms with E-state index in [1.807, 2.05) is 11.8 Å². The number of benzene rings is 1. The molecule has 0 spiro atoms. The summed E-state index contributed by atoms with van der Waals surface area (Å²) < 4.78 is 0. The van der Waals surface area contributed by atoms with Crippen LogP contribution in [0.5, 0.6) is 0 Å². The standard InChI is InChI=1S/C17H28N2S/c1-4-20-17-8-6-5-7-16(17)18-15-9-11-19(12-10-15)13-14(2)3/h5-8,14-15,18H,4,9-13H2,1-3H3. The van der Waals surface area contributed by atoms with E-state index >= 15 is 0 Å². The molecule has 20 heavy (non-hydrogen) atoms. The minimum Gasteiger partial charge on any atom is -0.381 e. The Morgan fingerprint density at radius 1 is 1.25 bits per heavy atom. The molecule has 1 aromatic carbocycles. The average molecular weight is 292 g/mol. The molecule has 0 radical (unpaired) electrons. The van der Waals surface area contributed by atoms with Gasteiger partial charge in [0.15, 0.2) is 0 Å². The van der Waals surface area contributed by atoms with Crippen molar-refractivity contribution in [3.05, 3.63) is 24.3 Å². The van der Waals surface area contributed by atoms with Crippen LogP contribution in [0.4, 0.5) is 5.69 Å². The molecule has 1 fully saturated rings. The predicted molar refractivity (Wildman–Crippen MR) is 90.8 cm³/mol. The van der Waals surface area contributed by atoms with Crippen LogP contribution in [0.2, 0.25) is 0 Å². The maximum absolute atomic E-state index is 3.76. The van der Waals surface area contributed by atoms with Gasteiger partial charge in [-0.1, -0.05) is 32.9 Å². The molecular formula is C17H28N2S. The van der Waals surface area contributed by atoms with Crippen molar-refractivity contribution < 1.29 is 0 Å². The van der Waals surface area contributed by atoms with Gasteiger partial charge >= 0.3 is 0 Å². The number of hydrogen-bond donors (Lipinski definition) is 1. The average Bonchev–Trinajstić information content (AvgIpc) is 2.43. The van der Waals surface area contributed by atoms with Crippen LogP contribution in [-0.2, 0) is 0 Å². The summed E-state index contributed by atoms with van der Waals surface area (Å²) in [7, 11) is 0. The van der Waals surface area contributed by atoms with E-state index in [1.54, 1.807) is 0 Å². The third kappa shape index (κ3) is 4.71. The van der Waals surface area contributed by atoms with Gasteiger partial charge in [0.1, 0.15) is 0 Å². The molecule has 0 bridgehead atoms. The minimum atomic E-state index is 0.636. The van der Waals surface area contributed by atoms with Crippen molar-refractivity contribution in [3.8, 4) is 0 Å². The van der Waals surface area contributed by atoms with Gasteiger partial charge in [0.05, 0.1) is 0 Å². The van der Waals surface area contributed by atoms with Crippen LogP contribution in [0.3, 0.4) is 0 Å². The summed E-state index contributed by atoms with van der Waals surface area (Å²) in [5.74, 6) is 1.91. The number of likely N-dealkylation sites (tertiary alicyclic amines) is 1. The number of piperidine rings is 1. The van der Waals surface area contributed by atoms with Gasteiger partial charge in [0.2, 0.25) is 0 Å². The predicted octanol–water partition coefficient (Wildman–Crippen LogP) is 4.33. The lowest BCUT2D eigenvalue weighted by molar-refractivity contribution is 0.198. The number of hydrogen-bond acceptors (Lipinski definition) is 3. The SMILES string of the molecule is CCSc1ccccc1NC1CCN(CC(C)C)CC1. The highest BCUT2D eigenvalue weighted by molar-refractivity contribution is 7.99. The van der Waals surface area contributed by atoms with Crippen LogP contribution in [0.25, 0.3) is 0 Å². The first kappa shape index (κ1) is 15.7. The van der Waals surface area contributed by atoms with Gasteiger partial charge < -0.3 is 10.2 Å². The van der Waals surface area contributed by atoms with Gasteiger partial charge in [-0.25, -0.2) is 0 Å². The highest BCUT2D eigenvalue weighted by atomic mass is 32.2. The van der Waals surface area contributed by atoms with Crippen LogP contribution >= 0.6 is 11.8 Å². The maximum atomic E-state index is 3.76. The number of nitrogens with zero attached hydrogens (tertiary/aromatic N) is 1. The molecule has 0 aromatic heterocycles. The van der Waals surface area contributed by atoms with Crippen molar-refractivity contribution in [1.29, 1.82) is 0 Å². The highest BCUT2D eigenvalue weighted by Gasteiger charge is 2.19. The van der Waals surface area contributed by atoms with Crippen molar-refractivity contribution in [2.75, 3.05) is 30.7 Å². The van der Waals surface area contributed by atoms with Crippen LogP contribution in [0.15, 0.2) is 29.2 Å². The summed E-state index contributed by atoms with van der Waals surface area (Å²) in [6, 6.07) is 9.35. The van der Waals surface area contributed by atoms with Gasteiger partial charge in [-0.2, -0.15) is 0 Å². The van der Waals surface area contributed by atoms with E-state index < -0.39 is 0 Å². The first-order valence-corrected chi connectivity index (χ1v) is 8.88. The molecule has 0 unspecified atom stereocenters. The topological polar surface area (TPSA) is 15.3 Å². The lowest BCUT2D eigenvalue weighted by Gasteiger charge is -2.34. The van der Waals surface area contributed by atoms with Crippen LogP contribution in [-0.4, -0.2) is 36.3 Å². The van der Waals surface area contributed by atoms with E-state index in [4.69, 9.17) is 0 Å². The third-order valence-corrected chi connectivity index (χ3v) is 4.71. The second-order valence-electron chi connectivity index (χ2n) is 6.04. The fourth-order valence-electron chi connectivity index (χ4n) is 2.86. The number of rotatable bonds is 6. The quantitative estimate of drug-likeness (QED) is 0.786. The molecule has 1 saturated heterocycles. The van der Waals surface area contributed by atoms with Crippen LogP contribution in [0, 0.1) is 5.92 Å². The van der Waals surface area contributed by atoms with E-state index in [-0.39, 0.29) is 0 Å². The largest absolute Gasteiger partial charge is 0.381 e. The van der Waals surface area contributed by atoms with Gasteiger partial charge in [0, 0.05) is 36.3 Å². The number of anilines is 1. The Kier molecular flexibility index (Phi) is 6.24. The molecule has 1 aliphatic rings. The van der Waals surface area contributed by atoms with E-state index in [1.165, 1.54) is 43.1 Å². The van der Waals surface area contributed by atoms with Gasteiger partial charge in [-0.15, -0.1) is 11.8 Å². The number of para-hydroxylation sites is 1. The van der Waals surface area contributed by atoms with E-state index in [0.29, 0.717) is 6.04 Å². The second kappa shape index (κ2) is 7.94. The summed E-state index contributed by atoms with van der Waals surface area (Å²) in [4.78, 5) is 4.00. The van der Waals surface area contributed by atoms with Crippen molar-refractivity contribution in [1.82, 2.24) is 4.90 Å². The molecular weight excluding hydrogens is 264 g/mol. The molecule has 0 atom stereocenters. The molecule has 1 aliphatic heterocycles. The lowest BCUT2D eigenvalue weighted by atomic mass is 10.0.